The second kappa shape index (κ2) is 18.8. The summed E-state index contributed by atoms with van der Waals surface area (Å²) in [5, 5.41) is 0. The molecular formula is C45H74O6. The fourth-order valence-electron chi connectivity index (χ4n) is 12.1. The van der Waals surface area contributed by atoms with Crippen molar-refractivity contribution < 1.29 is 28.4 Å². The van der Waals surface area contributed by atoms with Crippen molar-refractivity contribution in [2.75, 3.05) is 33.0 Å². The van der Waals surface area contributed by atoms with Crippen molar-refractivity contribution in [2.45, 2.75) is 148 Å². The predicted octanol–water partition coefficient (Wildman–Crippen LogP) is 10.1. The van der Waals surface area contributed by atoms with Gasteiger partial charge in [-0.25, -0.2) is 0 Å². The summed E-state index contributed by atoms with van der Waals surface area (Å²) in [5.41, 5.74) is 0.918. The van der Waals surface area contributed by atoms with E-state index in [0.29, 0.717) is 49.8 Å². The lowest BCUT2D eigenvalue weighted by Crippen LogP contribution is -2.62. The minimum atomic E-state index is -0.611. The highest BCUT2D eigenvalue weighted by Gasteiger charge is 2.61. The molecule has 4 aliphatic carbocycles. The first-order valence-electron chi connectivity index (χ1n) is 20.8. The minimum Gasteiger partial charge on any atom is -0.375 e. The Hall–Kier alpha value is -1.28. The van der Waals surface area contributed by atoms with E-state index in [1.807, 2.05) is 0 Å². The van der Waals surface area contributed by atoms with Crippen LogP contribution in [0, 0.1) is 52.3 Å². The topological polar surface area (TPSA) is 55.4 Å². The van der Waals surface area contributed by atoms with Crippen molar-refractivity contribution in [1.29, 1.82) is 0 Å². The third kappa shape index (κ3) is 9.16. The molecule has 4 saturated carbocycles. The maximum Gasteiger partial charge on any atom is 0.187 e. The van der Waals surface area contributed by atoms with Crippen LogP contribution >= 0.6 is 0 Å². The molecule has 1 aliphatic heterocycles. The van der Waals surface area contributed by atoms with Crippen molar-refractivity contribution >= 4 is 0 Å². The molecule has 5 rings (SSSR count). The SMILES string of the molecule is C=CCOC[C@H]1O[C@@H](O[C@H]2CC[C@@]3(C)[C@@H](CC[C@@H]4[C@@H]3CC[C@]3(C)[C@@H]([C@H](C)CCCC(C)C)CC[C@@H]43)C2)[C@H](OCC=C)[C@@H](OCC=C)[C@@H]1OCC=C. The van der Waals surface area contributed by atoms with Crippen molar-refractivity contribution in [1.82, 2.24) is 0 Å². The fraction of sp³-hybridized carbons (Fsp3) is 0.822. The van der Waals surface area contributed by atoms with E-state index in [1.54, 1.807) is 24.3 Å². The minimum absolute atomic E-state index is 0.108. The Bertz CT molecular complexity index is 1120. The number of hydrogen-bond donors (Lipinski definition) is 0. The smallest absolute Gasteiger partial charge is 0.187 e. The normalized spacial score (nSPS) is 41.3. The lowest BCUT2D eigenvalue weighted by atomic mass is 9.44. The summed E-state index contributed by atoms with van der Waals surface area (Å²) in [6.45, 7) is 30.0. The highest BCUT2D eigenvalue weighted by molar-refractivity contribution is 5.10. The average Bonchev–Trinajstić information content (AvgIpc) is 3.47. The first kappa shape index (κ1) is 40.9. The highest BCUT2D eigenvalue weighted by atomic mass is 16.7. The van der Waals surface area contributed by atoms with Gasteiger partial charge in [-0.1, -0.05) is 78.2 Å². The Morgan fingerprint density at radius 2 is 1.35 bits per heavy atom. The van der Waals surface area contributed by atoms with Crippen LogP contribution < -0.4 is 0 Å². The number of fused-ring (bicyclic) bond motifs is 5. The van der Waals surface area contributed by atoms with Gasteiger partial charge < -0.3 is 28.4 Å². The second-order valence-electron chi connectivity index (χ2n) is 17.8. The summed E-state index contributed by atoms with van der Waals surface area (Å²) in [5.74, 6) is 5.89. The Morgan fingerprint density at radius 3 is 2.04 bits per heavy atom. The third-order valence-electron chi connectivity index (χ3n) is 14.5. The number of hydrogen-bond acceptors (Lipinski definition) is 6. The Balaban J connectivity index is 1.27. The maximum absolute atomic E-state index is 7.01. The Kier molecular flexibility index (Phi) is 15.1. The van der Waals surface area contributed by atoms with Gasteiger partial charge in [-0.2, -0.15) is 0 Å². The molecule has 0 N–H and O–H groups in total. The molecule has 0 aromatic heterocycles. The van der Waals surface area contributed by atoms with Gasteiger partial charge in [0, 0.05) is 0 Å². The molecule has 0 aromatic carbocycles. The van der Waals surface area contributed by atoms with E-state index in [2.05, 4.69) is 60.9 Å². The van der Waals surface area contributed by atoms with Gasteiger partial charge in [-0.3, -0.25) is 0 Å². The molecule has 5 fully saturated rings. The van der Waals surface area contributed by atoms with Crippen LogP contribution in [0.25, 0.3) is 0 Å². The van der Waals surface area contributed by atoms with Crippen LogP contribution in [0.15, 0.2) is 50.6 Å². The number of rotatable bonds is 20. The fourth-order valence-corrected chi connectivity index (χ4v) is 12.1. The van der Waals surface area contributed by atoms with E-state index < -0.39 is 30.7 Å². The first-order chi connectivity index (χ1) is 24.6. The summed E-state index contributed by atoms with van der Waals surface area (Å²) in [6.07, 6.45) is 20.8. The molecule has 0 bridgehead atoms. The van der Waals surface area contributed by atoms with E-state index >= 15 is 0 Å². The van der Waals surface area contributed by atoms with Crippen LogP contribution in [0.3, 0.4) is 0 Å². The van der Waals surface area contributed by atoms with Crippen molar-refractivity contribution in [3.05, 3.63) is 50.6 Å². The standard InChI is InChI=1S/C45H74O6/c1-10-25-46-30-39-40(47-26-11-2)41(48-27-12-3)42(49-28-13-4)43(51-39)50-34-21-23-44(8)33(29-34)17-18-35-37-20-19-36(32(7)16-14-15-31(5)6)45(37,9)24-22-38(35)44/h10-13,31-43H,1-4,14-30H2,5-9H3/t32-,33+,34+,35+,36-,37+,38+,39-,40-,41+,42-,43-,44+,45-/m1/s1. The van der Waals surface area contributed by atoms with Gasteiger partial charge in [0.25, 0.3) is 0 Å². The summed E-state index contributed by atoms with van der Waals surface area (Å²) < 4.78 is 38.7. The van der Waals surface area contributed by atoms with Gasteiger partial charge in [0.2, 0.25) is 0 Å². The van der Waals surface area contributed by atoms with Crippen molar-refractivity contribution in [3.63, 3.8) is 0 Å². The molecule has 14 atom stereocenters. The molecular weight excluding hydrogens is 636 g/mol. The van der Waals surface area contributed by atoms with Gasteiger partial charge >= 0.3 is 0 Å². The molecule has 290 valence electrons. The van der Waals surface area contributed by atoms with Gasteiger partial charge in [-0.15, -0.1) is 26.3 Å². The molecule has 0 amide bonds. The van der Waals surface area contributed by atoms with Crippen LogP contribution in [0.4, 0.5) is 0 Å². The molecule has 51 heavy (non-hydrogen) atoms. The Labute approximate surface area is 312 Å². The predicted molar refractivity (Wildman–Crippen MR) is 207 cm³/mol. The monoisotopic (exact) mass is 711 g/mol. The highest BCUT2D eigenvalue weighted by Crippen LogP contribution is 2.68. The van der Waals surface area contributed by atoms with Gasteiger partial charge in [0.05, 0.1) is 39.1 Å². The first-order valence-corrected chi connectivity index (χ1v) is 20.8. The summed E-state index contributed by atoms with van der Waals surface area (Å²) >= 11 is 0. The number of ether oxygens (including phenoxy) is 6. The van der Waals surface area contributed by atoms with E-state index in [1.165, 1.54) is 64.2 Å². The van der Waals surface area contributed by atoms with E-state index in [0.717, 1.165) is 48.3 Å². The molecule has 6 nitrogen and oxygen atoms in total. The molecule has 0 spiro atoms. The van der Waals surface area contributed by atoms with Crippen LogP contribution in [-0.2, 0) is 28.4 Å². The van der Waals surface area contributed by atoms with E-state index in [4.69, 9.17) is 28.4 Å². The molecule has 0 aromatic rings. The quantitative estimate of drug-likeness (QED) is 0.0712. The van der Waals surface area contributed by atoms with Crippen LogP contribution in [-0.4, -0.2) is 69.8 Å². The summed E-state index contributed by atoms with van der Waals surface area (Å²) in [4.78, 5) is 0. The molecule has 5 aliphatic rings. The maximum atomic E-state index is 7.01. The van der Waals surface area contributed by atoms with Gasteiger partial charge in [0.15, 0.2) is 6.29 Å². The lowest BCUT2D eigenvalue weighted by molar-refractivity contribution is -0.332. The van der Waals surface area contributed by atoms with E-state index in [-0.39, 0.29) is 6.10 Å². The lowest BCUT2D eigenvalue weighted by Gasteiger charge is -2.61. The van der Waals surface area contributed by atoms with Crippen LogP contribution in [0.5, 0.6) is 0 Å². The Morgan fingerprint density at radius 1 is 0.706 bits per heavy atom. The summed E-state index contributed by atoms with van der Waals surface area (Å²) in [7, 11) is 0. The zero-order valence-corrected chi connectivity index (χ0v) is 33.1. The van der Waals surface area contributed by atoms with Crippen LogP contribution in [0.2, 0.25) is 0 Å². The molecule has 1 heterocycles. The zero-order valence-electron chi connectivity index (χ0n) is 33.1. The second-order valence-corrected chi connectivity index (χ2v) is 17.8. The average molecular weight is 711 g/mol. The van der Waals surface area contributed by atoms with E-state index in [9.17, 15) is 0 Å². The van der Waals surface area contributed by atoms with Crippen LogP contribution in [0.1, 0.15) is 112 Å². The van der Waals surface area contributed by atoms with Gasteiger partial charge in [-0.05, 0) is 110 Å². The molecule has 6 heteroatoms. The van der Waals surface area contributed by atoms with Crippen molar-refractivity contribution in [2.24, 2.45) is 52.3 Å². The molecule has 0 unspecified atom stereocenters. The summed E-state index contributed by atoms with van der Waals surface area (Å²) in [6, 6.07) is 0. The molecule has 0 radical (unpaired) electrons. The third-order valence-corrected chi connectivity index (χ3v) is 14.5. The van der Waals surface area contributed by atoms with Crippen molar-refractivity contribution in [3.8, 4) is 0 Å². The zero-order chi connectivity index (χ0) is 36.6. The molecule has 1 saturated heterocycles. The largest absolute Gasteiger partial charge is 0.375 e. The van der Waals surface area contributed by atoms with Gasteiger partial charge in [0.1, 0.15) is 24.4 Å².